The van der Waals surface area contributed by atoms with Crippen LogP contribution in [0.25, 0.3) is 0 Å². The van der Waals surface area contributed by atoms with Gasteiger partial charge in [-0.15, -0.1) is 0 Å². The maximum atomic E-state index is 13.5. The summed E-state index contributed by atoms with van der Waals surface area (Å²) in [6, 6.07) is 30.7. The van der Waals surface area contributed by atoms with Gasteiger partial charge in [0.15, 0.2) is 0 Å². The second-order valence-electron chi connectivity index (χ2n) is 8.43. The minimum absolute atomic E-state index is 0.0457. The lowest BCUT2D eigenvalue weighted by Gasteiger charge is -2.42. The Bertz CT molecular complexity index is 946. The van der Waals surface area contributed by atoms with Crippen molar-refractivity contribution in [3.63, 3.8) is 0 Å². The maximum absolute atomic E-state index is 13.5. The number of nitrogens with two attached hydrogens (primary N) is 1. The second-order valence-corrected chi connectivity index (χ2v) is 8.43. The minimum Gasteiger partial charge on any atom is -0.335 e. The number of carbonyl (C=O) groups excluding carboxylic acids is 1. The highest BCUT2D eigenvalue weighted by Crippen LogP contribution is 2.17. The Morgan fingerprint density at radius 1 is 0.839 bits per heavy atom. The molecule has 3 N–H and O–H groups in total. The van der Waals surface area contributed by atoms with Gasteiger partial charge in [0.1, 0.15) is 0 Å². The second kappa shape index (κ2) is 10.4. The van der Waals surface area contributed by atoms with Crippen molar-refractivity contribution in [2.24, 2.45) is 5.73 Å². The van der Waals surface area contributed by atoms with Crippen LogP contribution in [0.2, 0.25) is 0 Å². The van der Waals surface area contributed by atoms with E-state index in [0.717, 1.165) is 24.9 Å². The van der Waals surface area contributed by atoms with E-state index in [0.29, 0.717) is 13.0 Å². The fraction of sp³-hybridized carbons (Fsp3) is 0.296. The molecule has 3 atom stereocenters. The minimum atomic E-state index is -0.531. The molecule has 0 spiro atoms. The van der Waals surface area contributed by atoms with Crippen LogP contribution in [0.1, 0.15) is 16.7 Å². The fourth-order valence-corrected chi connectivity index (χ4v) is 4.41. The highest BCUT2D eigenvalue weighted by Gasteiger charge is 2.33. The van der Waals surface area contributed by atoms with Crippen molar-refractivity contribution in [3.8, 4) is 0 Å². The number of piperazine rings is 1. The Hall–Kier alpha value is -2.95. The van der Waals surface area contributed by atoms with Crippen molar-refractivity contribution >= 4 is 5.91 Å². The Morgan fingerprint density at radius 2 is 1.35 bits per heavy atom. The zero-order valence-corrected chi connectivity index (χ0v) is 17.9. The van der Waals surface area contributed by atoms with Crippen molar-refractivity contribution < 1.29 is 4.79 Å². The average Bonchev–Trinajstić information content (AvgIpc) is 2.81. The molecule has 1 aliphatic rings. The van der Waals surface area contributed by atoms with E-state index in [4.69, 9.17) is 5.73 Å². The lowest BCUT2D eigenvalue weighted by atomic mass is 9.96. The van der Waals surface area contributed by atoms with Crippen LogP contribution in [0.3, 0.4) is 0 Å². The van der Waals surface area contributed by atoms with Crippen LogP contribution in [0, 0.1) is 0 Å². The molecular weight excluding hydrogens is 382 g/mol. The summed E-state index contributed by atoms with van der Waals surface area (Å²) in [5.41, 5.74) is 10.0. The largest absolute Gasteiger partial charge is 0.335 e. The molecule has 0 unspecified atom stereocenters. The first kappa shape index (κ1) is 21.3. The molecule has 1 amide bonds. The Morgan fingerprint density at radius 3 is 1.94 bits per heavy atom. The van der Waals surface area contributed by atoms with Crippen LogP contribution in [-0.4, -0.2) is 42.0 Å². The van der Waals surface area contributed by atoms with E-state index in [2.05, 4.69) is 53.8 Å². The quantitative estimate of drug-likeness (QED) is 0.625. The average molecular weight is 414 g/mol. The molecule has 4 nitrogen and oxygen atoms in total. The molecule has 1 fully saturated rings. The predicted octanol–water partition coefficient (Wildman–Crippen LogP) is 3.21. The van der Waals surface area contributed by atoms with E-state index in [-0.39, 0.29) is 18.0 Å². The van der Waals surface area contributed by atoms with Crippen LogP contribution < -0.4 is 11.1 Å². The number of benzene rings is 3. The number of amides is 1. The first-order chi connectivity index (χ1) is 15.2. The van der Waals surface area contributed by atoms with Gasteiger partial charge in [0.2, 0.25) is 5.91 Å². The molecule has 4 heteroatoms. The van der Waals surface area contributed by atoms with E-state index >= 15 is 0 Å². The number of nitrogens with zero attached hydrogens (tertiary/aromatic N) is 1. The van der Waals surface area contributed by atoms with E-state index in [1.54, 1.807) is 0 Å². The number of carbonyl (C=O) groups is 1. The summed E-state index contributed by atoms with van der Waals surface area (Å²) < 4.78 is 0. The van der Waals surface area contributed by atoms with Gasteiger partial charge in [-0.2, -0.15) is 0 Å². The number of nitrogens with one attached hydrogen (secondary N) is 1. The zero-order chi connectivity index (χ0) is 21.5. The Labute approximate surface area is 185 Å². The molecule has 160 valence electrons. The highest BCUT2D eigenvalue weighted by molar-refractivity contribution is 5.82. The molecule has 0 aliphatic carbocycles. The van der Waals surface area contributed by atoms with Gasteiger partial charge in [0.25, 0.3) is 0 Å². The van der Waals surface area contributed by atoms with E-state index in [9.17, 15) is 4.79 Å². The third-order valence-electron chi connectivity index (χ3n) is 6.04. The molecule has 3 aromatic carbocycles. The third kappa shape index (κ3) is 5.81. The molecule has 3 aromatic rings. The summed E-state index contributed by atoms with van der Waals surface area (Å²) in [5.74, 6) is 0.0457. The van der Waals surface area contributed by atoms with Crippen molar-refractivity contribution in [1.82, 2.24) is 10.2 Å². The molecule has 1 heterocycles. The molecule has 0 aromatic heterocycles. The topological polar surface area (TPSA) is 58.4 Å². The van der Waals surface area contributed by atoms with Crippen LogP contribution in [0.5, 0.6) is 0 Å². The van der Waals surface area contributed by atoms with Gasteiger partial charge in [-0.3, -0.25) is 4.79 Å². The van der Waals surface area contributed by atoms with Gasteiger partial charge in [-0.25, -0.2) is 0 Å². The van der Waals surface area contributed by atoms with E-state index in [1.807, 2.05) is 47.4 Å². The third-order valence-corrected chi connectivity index (χ3v) is 6.04. The van der Waals surface area contributed by atoms with Crippen LogP contribution in [-0.2, 0) is 24.1 Å². The molecule has 0 saturated carbocycles. The molecule has 31 heavy (non-hydrogen) atoms. The van der Waals surface area contributed by atoms with Crippen LogP contribution in [0.4, 0.5) is 0 Å². The first-order valence-corrected chi connectivity index (χ1v) is 11.1. The molecule has 4 rings (SSSR count). The smallest absolute Gasteiger partial charge is 0.240 e. The summed E-state index contributed by atoms with van der Waals surface area (Å²) >= 11 is 0. The van der Waals surface area contributed by atoms with Crippen molar-refractivity contribution in [1.29, 1.82) is 0 Å². The van der Waals surface area contributed by atoms with Gasteiger partial charge in [0.05, 0.1) is 6.04 Å². The summed E-state index contributed by atoms with van der Waals surface area (Å²) in [5, 5.41) is 3.68. The SMILES string of the molecule is N[C@@H](Cc1ccccc1)C(=O)N1C[C@H](Cc2ccccc2)NC[C@H]1Cc1ccccc1. The van der Waals surface area contributed by atoms with Gasteiger partial charge in [-0.1, -0.05) is 91.0 Å². The highest BCUT2D eigenvalue weighted by atomic mass is 16.2. The van der Waals surface area contributed by atoms with Gasteiger partial charge in [-0.05, 0) is 36.0 Å². The first-order valence-electron chi connectivity index (χ1n) is 11.1. The van der Waals surface area contributed by atoms with Crippen molar-refractivity contribution in [3.05, 3.63) is 108 Å². The lowest BCUT2D eigenvalue weighted by Crippen LogP contribution is -2.62. The molecule has 0 bridgehead atoms. The number of rotatable bonds is 7. The summed E-state index contributed by atoms with van der Waals surface area (Å²) in [7, 11) is 0. The summed E-state index contributed by atoms with van der Waals surface area (Å²) in [6.45, 7) is 1.45. The summed E-state index contributed by atoms with van der Waals surface area (Å²) in [4.78, 5) is 15.5. The van der Waals surface area contributed by atoms with E-state index in [1.165, 1.54) is 11.1 Å². The lowest BCUT2D eigenvalue weighted by molar-refractivity contribution is -0.136. The standard InChI is InChI=1S/C27H31N3O/c28-26(18-23-14-8-3-9-15-23)27(31)30-20-24(16-21-10-4-1-5-11-21)29-19-25(30)17-22-12-6-2-7-13-22/h1-15,24-26,29H,16-20,28H2/t24-,25+,26-/m0/s1. The summed E-state index contributed by atoms with van der Waals surface area (Å²) in [6.07, 6.45) is 2.29. The maximum Gasteiger partial charge on any atom is 0.240 e. The zero-order valence-electron chi connectivity index (χ0n) is 17.9. The van der Waals surface area contributed by atoms with Crippen molar-refractivity contribution in [2.45, 2.75) is 37.4 Å². The normalized spacial score (nSPS) is 19.7. The monoisotopic (exact) mass is 413 g/mol. The molecular formula is C27H31N3O. The van der Waals surface area contributed by atoms with E-state index < -0.39 is 6.04 Å². The Balaban J connectivity index is 1.49. The van der Waals surface area contributed by atoms with Gasteiger partial charge in [0, 0.05) is 25.2 Å². The van der Waals surface area contributed by atoms with Crippen LogP contribution in [0.15, 0.2) is 91.0 Å². The molecule has 1 aliphatic heterocycles. The number of hydrogen-bond donors (Lipinski definition) is 2. The fourth-order valence-electron chi connectivity index (χ4n) is 4.41. The Kier molecular flexibility index (Phi) is 7.13. The molecule has 1 saturated heterocycles. The van der Waals surface area contributed by atoms with Crippen LogP contribution >= 0.6 is 0 Å². The number of hydrogen-bond acceptors (Lipinski definition) is 3. The predicted molar refractivity (Wildman–Crippen MR) is 126 cm³/mol. The van der Waals surface area contributed by atoms with Crippen molar-refractivity contribution in [2.75, 3.05) is 13.1 Å². The van der Waals surface area contributed by atoms with Gasteiger partial charge >= 0.3 is 0 Å². The van der Waals surface area contributed by atoms with Gasteiger partial charge < -0.3 is 16.0 Å². The molecule has 0 radical (unpaired) electrons.